The number of fused-ring (bicyclic) bond motifs is 4. The van der Waals surface area contributed by atoms with Crippen molar-refractivity contribution in [2.45, 2.75) is 76.9 Å². The number of nitrogens with one attached hydrogen (secondary N) is 3. The van der Waals surface area contributed by atoms with Crippen LogP contribution in [0.15, 0.2) is 77.3 Å². The van der Waals surface area contributed by atoms with Crippen LogP contribution in [-0.2, 0) is 38.6 Å². The lowest BCUT2D eigenvalue weighted by molar-refractivity contribution is -0.138. The van der Waals surface area contributed by atoms with Crippen molar-refractivity contribution in [1.82, 2.24) is 20.9 Å². The highest BCUT2D eigenvalue weighted by Crippen LogP contribution is 2.23. The minimum Gasteiger partial charge on any atom is -0.494 e. The van der Waals surface area contributed by atoms with Crippen LogP contribution >= 0.6 is 15.9 Å². The molecule has 5 rings (SSSR count). The van der Waals surface area contributed by atoms with E-state index in [2.05, 4.69) is 31.9 Å². The third kappa shape index (κ3) is 10.4. The van der Waals surface area contributed by atoms with E-state index in [-0.39, 0.29) is 43.0 Å². The Bertz CT molecular complexity index is 1570. The number of rotatable bonds is 7. The Hall–Kier alpha value is -4.18. The van der Waals surface area contributed by atoms with Crippen LogP contribution in [-0.4, -0.2) is 60.3 Å². The molecule has 3 atom stereocenters. The molecule has 2 aliphatic heterocycles. The molecule has 3 aromatic carbocycles. The number of hydrogen-bond donors (Lipinski definition) is 3. The van der Waals surface area contributed by atoms with Crippen LogP contribution in [0.1, 0.15) is 60.8 Å². The largest absolute Gasteiger partial charge is 0.494 e. The summed E-state index contributed by atoms with van der Waals surface area (Å²) in [6.45, 7) is 3.96. The number of nitrogens with zero attached hydrogens (tertiary/aromatic N) is 1. The van der Waals surface area contributed by atoms with E-state index >= 15 is 0 Å². The van der Waals surface area contributed by atoms with Crippen LogP contribution in [0, 0.1) is 12.8 Å². The maximum atomic E-state index is 13.9. The summed E-state index contributed by atoms with van der Waals surface area (Å²) >= 11 is 3.43. The minimum absolute atomic E-state index is 0.154. The number of hydrogen-bond acceptors (Lipinski definition) is 5. The molecule has 2 aliphatic rings. The maximum absolute atomic E-state index is 13.9. The maximum Gasteiger partial charge on any atom is 0.243 e. The highest BCUT2D eigenvalue weighted by Gasteiger charge is 2.32. The Morgan fingerprint density at radius 2 is 1.73 bits per heavy atom. The van der Waals surface area contributed by atoms with Gasteiger partial charge in [-0.15, -0.1) is 0 Å². The number of halogens is 1. The molecule has 9 nitrogen and oxygen atoms in total. The molecule has 1 saturated heterocycles. The fourth-order valence-electron chi connectivity index (χ4n) is 6.29. The molecule has 48 heavy (non-hydrogen) atoms. The standard InChI is InChI=1S/C38H45BrN4O5/c1-26-9-16-32-22-30(26)24-40-37(46)33(17-12-27-6-3-2-4-7-27)42-38(47)34(41-35(44)18-13-28-10-14-31(39)15-11-28)23-36(45)43-20-5-8-29(25-43)19-21-48-32/h2-4,6-7,9-11,14-16,22,29,33-34H,5,8,12-13,17-21,23-25H2,1H3,(H,40,46)(H,41,44)(H,42,47)/t29?,33-,34-/m0/s1. The predicted molar refractivity (Wildman–Crippen MR) is 188 cm³/mol. The van der Waals surface area contributed by atoms with E-state index in [1.54, 1.807) is 4.90 Å². The van der Waals surface area contributed by atoms with Crippen molar-refractivity contribution in [3.63, 3.8) is 0 Å². The summed E-state index contributed by atoms with van der Waals surface area (Å²) in [5, 5.41) is 8.75. The van der Waals surface area contributed by atoms with Crippen molar-refractivity contribution in [2.24, 2.45) is 5.92 Å². The van der Waals surface area contributed by atoms with E-state index in [0.29, 0.717) is 39.0 Å². The molecule has 0 aliphatic carbocycles. The molecule has 0 aromatic heterocycles. The van der Waals surface area contributed by atoms with Crippen molar-refractivity contribution in [3.8, 4) is 5.75 Å². The summed E-state index contributed by atoms with van der Waals surface area (Å²) in [5.74, 6) is -0.388. The number of carbonyl (C=O) groups excluding carboxylic acids is 4. The van der Waals surface area contributed by atoms with Crippen molar-refractivity contribution in [3.05, 3.63) is 99.5 Å². The highest BCUT2D eigenvalue weighted by atomic mass is 79.9. The van der Waals surface area contributed by atoms with Crippen LogP contribution in [0.3, 0.4) is 0 Å². The first-order chi connectivity index (χ1) is 23.2. The second-order valence-corrected chi connectivity index (χ2v) is 13.7. The zero-order valence-electron chi connectivity index (χ0n) is 27.5. The van der Waals surface area contributed by atoms with Crippen LogP contribution in [0.25, 0.3) is 0 Å². The molecule has 0 saturated carbocycles. The van der Waals surface area contributed by atoms with Gasteiger partial charge in [-0.05, 0) is 97.9 Å². The van der Waals surface area contributed by atoms with Crippen LogP contribution in [0.4, 0.5) is 0 Å². The first-order valence-electron chi connectivity index (χ1n) is 16.9. The first kappa shape index (κ1) is 35.1. The van der Waals surface area contributed by atoms with Crippen molar-refractivity contribution in [2.75, 3.05) is 19.7 Å². The Balaban J connectivity index is 1.37. The van der Waals surface area contributed by atoms with Crippen LogP contribution in [0.2, 0.25) is 0 Å². The van der Waals surface area contributed by atoms with Gasteiger partial charge in [-0.25, -0.2) is 0 Å². The topological polar surface area (TPSA) is 117 Å². The zero-order chi connectivity index (χ0) is 33.9. The molecule has 4 amide bonds. The lowest BCUT2D eigenvalue weighted by Crippen LogP contribution is -2.55. The highest BCUT2D eigenvalue weighted by molar-refractivity contribution is 9.10. The summed E-state index contributed by atoms with van der Waals surface area (Å²) in [4.78, 5) is 56.3. The van der Waals surface area contributed by atoms with Gasteiger partial charge in [0.1, 0.15) is 17.8 Å². The summed E-state index contributed by atoms with van der Waals surface area (Å²) in [7, 11) is 0. The average Bonchev–Trinajstić information content (AvgIpc) is 3.09. The van der Waals surface area contributed by atoms with Gasteiger partial charge in [-0.2, -0.15) is 0 Å². The number of carbonyl (C=O) groups is 4. The number of piperidine rings is 1. The quantitative estimate of drug-likeness (QED) is 0.318. The van der Waals surface area contributed by atoms with Gasteiger partial charge in [0.25, 0.3) is 0 Å². The molecule has 0 spiro atoms. The molecule has 0 radical (unpaired) electrons. The second-order valence-electron chi connectivity index (χ2n) is 12.8. The molecule has 1 fully saturated rings. The van der Waals surface area contributed by atoms with Crippen LogP contribution in [0.5, 0.6) is 5.75 Å². The summed E-state index contributed by atoms with van der Waals surface area (Å²) in [5.41, 5.74) is 3.97. The smallest absolute Gasteiger partial charge is 0.243 e. The van der Waals surface area contributed by atoms with Gasteiger partial charge in [0.2, 0.25) is 23.6 Å². The Morgan fingerprint density at radius 1 is 0.958 bits per heavy atom. The van der Waals surface area contributed by atoms with Crippen molar-refractivity contribution in [1.29, 1.82) is 0 Å². The predicted octanol–water partition coefficient (Wildman–Crippen LogP) is 5.02. The molecule has 254 valence electrons. The van der Waals surface area contributed by atoms with Crippen molar-refractivity contribution >= 4 is 39.6 Å². The number of ether oxygens (including phenoxy) is 1. The molecule has 2 heterocycles. The van der Waals surface area contributed by atoms with E-state index in [0.717, 1.165) is 51.7 Å². The van der Waals surface area contributed by atoms with Gasteiger partial charge in [0.15, 0.2) is 0 Å². The van der Waals surface area contributed by atoms with E-state index < -0.39 is 18.0 Å². The minimum atomic E-state index is -1.12. The molecule has 3 N–H and O–H groups in total. The SMILES string of the molecule is Cc1ccc2cc1CNC(=O)[C@H](CCc1ccccc1)NC(=O)[C@@H](NC(=O)CCc1ccc(Br)cc1)CC(=O)N1CCCC(CCO2)C1. The Kier molecular flexibility index (Phi) is 12.7. The summed E-state index contributed by atoms with van der Waals surface area (Å²) in [6.07, 6.45) is 4.01. The van der Waals surface area contributed by atoms with E-state index in [1.165, 1.54) is 0 Å². The molecule has 3 aromatic rings. The van der Waals surface area contributed by atoms with E-state index in [9.17, 15) is 19.2 Å². The van der Waals surface area contributed by atoms with E-state index in [4.69, 9.17) is 4.74 Å². The lowest BCUT2D eigenvalue weighted by atomic mass is 9.94. The average molecular weight is 718 g/mol. The van der Waals surface area contributed by atoms with Gasteiger partial charge in [-0.1, -0.05) is 64.5 Å². The Labute approximate surface area is 291 Å². The molecular formula is C38H45BrN4O5. The Morgan fingerprint density at radius 3 is 2.52 bits per heavy atom. The van der Waals surface area contributed by atoms with Crippen LogP contribution < -0.4 is 20.7 Å². The third-order valence-electron chi connectivity index (χ3n) is 9.22. The van der Waals surface area contributed by atoms with E-state index in [1.807, 2.05) is 79.7 Å². The fraction of sp³-hybridized carbons (Fsp3) is 0.421. The number of amides is 4. The normalized spacial score (nSPS) is 20.8. The molecular weight excluding hydrogens is 672 g/mol. The lowest BCUT2D eigenvalue weighted by Gasteiger charge is -2.34. The number of benzene rings is 3. The van der Waals surface area contributed by atoms with Gasteiger partial charge in [-0.3, -0.25) is 19.2 Å². The van der Waals surface area contributed by atoms with Gasteiger partial charge in [0.05, 0.1) is 13.0 Å². The molecule has 4 bridgehead atoms. The van der Waals surface area contributed by atoms with Gasteiger partial charge in [0, 0.05) is 30.5 Å². The van der Waals surface area contributed by atoms with Gasteiger partial charge < -0.3 is 25.6 Å². The summed E-state index contributed by atoms with van der Waals surface area (Å²) < 4.78 is 7.06. The zero-order valence-corrected chi connectivity index (χ0v) is 29.1. The monoisotopic (exact) mass is 716 g/mol. The summed E-state index contributed by atoms with van der Waals surface area (Å²) in [6, 6.07) is 21.3. The van der Waals surface area contributed by atoms with Gasteiger partial charge >= 0.3 is 0 Å². The molecule has 10 heteroatoms. The third-order valence-corrected chi connectivity index (χ3v) is 9.75. The number of aryl methyl sites for hydroxylation is 3. The fourth-order valence-corrected chi connectivity index (χ4v) is 6.55. The first-order valence-corrected chi connectivity index (χ1v) is 17.7. The molecule has 1 unspecified atom stereocenters. The van der Waals surface area contributed by atoms with Crippen molar-refractivity contribution < 1.29 is 23.9 Å². The second kappa shape index (κ2) is 17.3.